The van der Waals surface area contributed by atoms with Crippen LogP contribution >= 0.6 is 0 Å². The van der Waals surface area contributed by atoms with E-state index < -0.39 is 0 Å². The summed E-state index contributed by atoms with van der Waals surface area (Å²) in [6.45, 7) is 5.87. The van der Waals surface area contributed by atoms with Crippen molar-refractivity contribution in [3.8, 4) is 0 Å². The Hall–Kier alpha value is -0.790. The molecule has 2 heteroatoms. The van der Waals surface area contributed by atoms with E-state index in [9.17, 15) is 4.79 Å². The summed E-state index contributed by atoms with van der Waals surface area (Å²) < 4.78 is 5.30. The second kappa shape index (κ2) is 12.7. The van der Waals surface area contributed by atoms with Crippen molar-refractivity contribution in [2.45, 2.75) is 84.7 Å². The molecule has 0 aliphatic heterocycles. The SMILES string of the molecule is CCC/C=C/C(CCCCCCCC)OC(C)=O. The van der Waals surface area contributed by atoms with Gasteiger partial charge >= 0.3 is 5.97 Å². The summed E-state index contributed by atoms with van der Waals surface area (Å²) in [5.41, 5.74) is 0. The third-order valence-electron chi connectivity index (χ3n) is 2.97. The largest absolute Gasteiger partial charge is 0.458 e. The molecule has 0 aromatic rings. The molecule has 0 aromatic carbocycles. The molecule has 0 saturated heterocycles. The lowest BCUT2D eigenvalue weighted by molar-refractivity contribution is -0.144. The molecule has 0 spiro atoms. The fourth-order valence-electron chi connectivity index (χ4n) is 1.95. The molecule has 1 atom stereocenters. The van der Waals surface area contributed by atoms with Crippen molar-refractivity contribution in [3.63, 3.8) is 0 Å². The van der Waals surface area contributed by atoms with Crippen LogP contribution in [0, 0.1) is 0 Å². The second-order valence-corrected chi connectivity index (χ2v) is 4.92. The first-order chi connectivity index (χ1) is 8.70. The van der Waals surface area contributed by atoms with Gasteiger partial charge in [0, 0.05) is 6.92 Å². The van der Waals surface area contributed by atoms with Gasteiger partial charge in [-0.3, -0.25) is 4.79 Å². The van der Waals surface area contributed by atoms with Gasteiger partial charge in [0.05, 0.1) is 0 Å². The van der Waals surface area contributed by atoms with Crippen LogP contribution in [0.4, 0.5) is 0 Å². The average Bonchev–Trinajstić information content (AvgIpc) is 2.33. The van der Waals surface area contributed by atoms with Crippen LogP contribution in [-0.4, -0.2) is 12.1 Å². The van der Waals surface area contributed by atoms with E-state index in [1.807, 2.05) is 0 Å². The highest BCUT2D eigenvalue weighted by molar-refractivity contribution is 5.66. The van der Waals surface area contributed by atoms with Gasteiger partial charge < -0.3 is 4.74 Å². The second-order valence-electron chi connectivity index (χ2n) is 4.92. The Morgan fingerprint density at radius 3 is 2.33 bits per heavy atom. The minimum Gasteiger partial charge on any atom is -0.458 e. The molecule has 0 aromatic heterocycles. The Bertz CT molecular complexity index is 221. The zero-order valence-corrected chi connectivity index (χ0v) is 12.4. The van der Waals surface area contributed by atoms with Crippen LogP contribution in [0.15, 0.2) is 12.2 Å². The van der Waals surface area contributed by atoms with Crippen molar-refractivity contribution in [1.82, 2.24) is 0 Å². The summed E-state index contributed by atoms with van der Waals surface area (Å²) in [6, 6.07) is 0. The standard InChI is InChI=1S/C16H30O2/c1-4-6-8-9-10-12-14-16(18-15(3)17)13-11-7-5-2/h11,13,16H,4-10,12,14H2,1-3H3/b13-11+. The van der Waals surface area contributed by atoms with Gasteiger partial charge in [0.25, 0.3) is 0 Å². The maximum absolute atomic E-state index is 11.0. The Morgan fingerprint density at radius 1 is 1.06 bits per heavy atom. The van der Waals surface area contributed by atoms with Gasteiger partial charge in [0.1, 0.15) is 6.10 Å². The molecule has 106 valence electrons. The number of unbranched alkanes of at least 4 members (excludes halogenated alkanes) is 6. The Morgan fingerprint density at radius 2 is 1.72 bits per heavy atom. The number of esters is 1. The number of ether oxygens (including phenoxy) is 1. The number of hydrogen-bond donors (Lipinski definition) is 0. The van der Waals surface area contributed by atoms with Gasteiger partial charge in [0.2, 0.25) is 0 Å². The molecule has 0 fully saturated rings. The third kappa shape index (κ3) is 11.7. The fourth-order valence-corrected chi connectivity index (χ4v) is 1.95. The summed E-state index contributed by atoms with van der Waals surface area (Å²) in [5.74, 6) is -0.174. The molecular formula is C16H30O2. The van der Waals surface area contributed by atoms with Gasteiger partial charge in [-0.25, -0.2) is 0 Å². The minimum absolute atomic E-state index is 0.0137. The summed E-state index contributed by atoms with van der Waals surface area (Å²) in [5, 5.41) is 0. The normalized spacial score (nSPS) is 12.8. The molecule has 0 aliphatic rings. The highest BCUT2D eigenvalue weighted by Gasteiger charge is 2.07. The molecule has 0 aliphatic carbocycles. The van der Waals surface area contributed by atoms with E-state index in [0.717, 1.165) is 25.7 Å². The fraction of sp³-hybridized carbons (Fsp3) is 0.812. The monoisotopic (exact) mass is 254 g/mol. The highest BCUT2D eigenvalue weighted by Crippen LogP contribution is 2.12. The lowest BCUT2D eigenvalue weighted by Crippen LogP contribution is -2.13. The Kier molecular flexibility index (Phi) is 12.1. The van der Waals surface area contributed by atoms with E-state index in [4.69, 9.17) is 4.74 Å². The van der Waals surface area contributed by atoms with Crippen molar-refractivity contribution in [3.05, 3.63) is 12.2 Å². The molecule has 0 N–H and O–H groups in total. The Labute approximate surface area is 113 Å². The lowest BCUT2D eigenvalue weighted by Gasteiger charge is -2.13. The van der Waals surface area contributed by atoms with E-state index in [1.165, 1.54) is 39.0 Å². The molecule has 0 saturated carbocycles. The van der Waals surface area contributed by atoms with E-state index in [0.29, 0.717) is 0 Å². The summed E-state index contributed by atoms with van der Waals surface area (Å²) in [4.78, 5) is 11.0. The van der Waals surface area contributed by atoms with E-state index in [2.05, 4.69) is 26.0 Å². The lowest BCUT2D eigenvalue weighted by atomic mass is 10.1. The smallest absolute Gasteiger partial charge is 0.303 e. The molecule has 0 bridgehead atoms. The van der Waals surface area contributed by atoms with Crippen LogP contribution in [0.5, 0.6) is 0 Å². The van der Waals surface area contributed by atoms with Gasteiger partial charge in [-0.05, 0) is 25.3 Å². The summed E-state index contributed by atoms with van der Waals surface area (Å²) in [7, 11) is 0. The molecule has 0 radical (unpaired) electrons. The molecule has 1 unspecified atom stereocenters. The van der Waals surface area contributed by atoms with Crippen LogP contribution in [-0.2, 0) is 9.53 Å². The maximum Gasteiger partial charge on any atom is 0.303 e. The van der Waals surface area contributed by atoms with Gasteiger partial charge in [-0.2, -0.15) is 0 Å². The predicted octanol–water partition coefficient (Wildman–Crippen LogP) is 5.03. The first-order valence-corrected chi connectivity index (χ1v) is 7.54. The number of hydrogen-bond acceptors (Lipinski definition) is 2. The zero-order chi connectivity index (χ0) is 13.6. The predicted molar refractivity (Wildman–Crippen MR) is 77.6 cm³/mol. The van der Waals surface area contributed by atoms with Crippen LogP contribution in [0.2, 0.25) is 0 Å². The first-order valence-electron chi connectivity index (χ1n) is 7.54. The Balaban J connectivity index is 3.75. The van der Waals surface area contributed by atoms with Crippen molar-refractivity contribution >= 4 is 5.97 Å². The number of carbonyl (C=O) groups excluding carboxylic acids is 1. The number of rotatable bonds is 11. The van der Waals surface area contributed by atoms with Gasteiger partial charge in [-0.1, -0.05) is 58.4 Å². The number of carbonyl (C=O) groups is 1. The zero-order valence-electron chi connectivity index (χ0n) is 12.4. The summed E-state index contributed by atoms with van der Waals surface area (Å²) in [6.07, 6.45) is 15.0. The van der Waals surface area contributed by atoms with Crippen molar-refractivity contribution in [2.75, 3.05) is 0 Å². The molecular weight excluding hydrogens is 224 g/mol. The molecule has 0 heterocycles. The minimum atomic E-state index is -0.174. The van der Waals surface area contributed by atoms with Crippen LogP contribution < -0.4 is 0 Å². The van der Waals surface area contributed by atoms with Crippen molar-refractivity contribution in [1.29, 1.82) is 0 Å². The molecule has 18 heavy (non-hydrogen) atoms. The van der Waals surface area contributed by atoms with Crippen molar-refractivity contribution in [2.24, 2.45) is 0 Å². The molecule has 0 amide bonds. The quantitative estimate of drug-likeness (QED) is 0.294. The maximum atomic E-state index is 11.0. The molecule has 2 nitrogen and oxygen atoms in total. The highest BCUT2D eigenvalue weighted by atomic mass is 16.5. The first kappa shape index (κ1) is 17.2. The van der Waals surface area contributed by atoms with E-state index in [1.54, 1.807) is 0 Å². The van der Waals surface area contributed by atoms with Gasteiger partial charge in [-0.15, -0.1) is 0 Å². The van der Waals surface area contributed by atoms with Crippen LogP contribution in [0.1, 0.15) is 78.6 Å². The average molecular weight is 254 g/mol. The molecule has 0 rings (SSSR count). The van der Waals surface area contributed by atoms with Crippen LogP contribution in [0.25, 0.3) is 0 Å². The van der Waals surface area contributed by atoms with Crippen molar-refractivity contribution < 1.29 is 9.53 Å². The summed E-state index contributed by atoms with van der Waals surface area (Å²) >= 11 is 0. The third-order valence-corrected chi connectivity index (χ3v) is 2.97. The number of allylic oxidation sites excluding steroid dienone is 1. The van der Waals surface area contributed by atoms with E-state index in [-0.39, 0.29) is 12.1 Å². The van der Waals surface area contributed by atoms with E-state index >= 15 is 0 Å². The topological polar surface area (TPSA) is 26.3 Å². The van der Waals surface area contributed by atoms with Gasteiger partial charge in [0.15, 0.2) is 0 Å². The van der Waals surface area contributed by atoms with Crippen LogP contribution in [0.3, 0.4) is 0 Å².